The van der Waals surface area contributed by atoms with Gasteiger partial charge in [0.25, 0.3) is 10.0 Å². The Bertz CT molecular complexity index is 1420. The highest BCUT2D eigenvalue weighted by Crippen LogP contribution is 2.33. The van der Waals surface area contributed by atoms with Gasteiger partial charge < -0.3 is 15.0 Å². The lowest BCUT2D eigenvalue weighted by Crippen LogP contribution is -2.51. The molecule has 0 aliphatic heterocycles. The molecule has 1 N–H and O–H groups in total. The number of amides is 2. The summed E-state index contributed by atoms with van der Waals surface area (Å²) in [7, 11) is -2.69. The summed E-state index contributed by atoms with van der Waals surface area (Å²) in [6.07, 6.45) is 1.69. The molecule has 3 aromatic carbocycles. The van der Waals surface area contributed by atoms with Crippen LogP contribution in [-0.4, -0.2) is 51.4 Å². The maximum Gasteiger partial charge on any atom is 0.264 e. The summed E-state index contributed by atoms with van der Waals surface area (Å²) in [5.41, 5.74) is 0.799. The molecule has 0 bridgehead atoms. The maximum absolute atomic E-state index is 14.0. The van der Waals surface area contributed by atoms with Gasteiger partial charge in [-0.15, -0.1) is 0 Å². The monoisotopic (exact) mass is 605 g/mol. The molecule has 0 saturated heterocycles. The number of halogens is 2. The lowest BCUT2D eigenvalue weighted by atomic mass is 10.1. The molecule has 214 valence electrons. The van der Waals surface area contributed by atoms with E-state index in [2.05, 4.69) is 5.32 Å². The van der Waals surface area contributed by atoms with Gasteiger partial charge in [0.05, 0.1) is 22.7 Å². The van der Waals surface area contributed by atoms with Crippen molar-refractivity contribution in [3.8, 4) is 5.75 Å². The summed E-state index contributed by atoms with van der Waals surface area (Å²) >= 11 is 12.5. The topological polar surface area (TPSA) is 96.0 Å². The van der Waals surface area contributed by atoms with Gasteiger partial charge in [0, 0.05) is 18.1 Å². The average Bonchev–Trinajstić information content (AvgIpc) is 2.95. The maximum atomic E-state index is 14.0. The molecule has 2 amide bonds. The molecule has 0 radical (unpaired) electrons. The SMILES string of the molecule is CCCCNC(=O)C(C)N(Cc1cccc(OC)c1)C(=O)CN(c1ccc(Cl)cc1Cl)S(=O)(=O)c1ccccc1. The van der Waals surface area contributed by atoms with Crippen molar-refractivity contribution in [1.29, 1.82) is 0 Å². The van der Waals surface area contributed by atoms with Crippen LogP contribution in [0.2, 0.25) is 10.0 Å². The number of methoxy groups -OCH3 is 1. The second-order valence-corrected chi connectivity index (χ2v) is 11.8. The average molecular weight is 607 g/mol. The van der Waals surface area contributed by atoms with Gasteiger partial charge in [-0.3, -0.25) is 13.9 Å². The number of nitrogens with zero attached hydrogens (tertiary/aromatic N) is 2. The Kier molecular flexibility index (Phi) is 11.2. The first-order chi connectivity index (χ1) is 19.1. The van der Waals surface area contributed by atoms with Gasteiger partial charge in [-0.25, -0.2) is 8.42 Å². The number of ether oxygens (including phenoxy) is 1. The molecule has 3 rings (SSSR count). The van der Waals surface area contributed by atoms with E-state index in [-0.39, 0.29) is 28.1 Å². The zero-order chi connectivity index (χ0) is 29.3. The Labute approximate surface area is 245 Å². The van der Waals surface area contributed by atoms with Gasteiger partial charge in [0.1, 0.15) is 18.3 Å². The van der Waals surface area contributed by atoms with Crippen LogP contribution in [0.4, 0.5) is 5.69 Å². The highest BCUT2D eigenvalue weighted by atomic mass is 35.5. The predicted molar refractivity (Wildman–Crippen MR) is 158 cm³/mol. The van der Waals surface area contributed by atoms with Crippen molar-refractivity contribution in [2.45, 2.75) is 44.2 Å². The van der Waals surface area contributed by atoms with Crippen LogP contribution < -0.4 is 14.4 Å². The molecule has 0 fully saturated rings. The van der Waals surface area contributed by atoms with E-state index in [0.717, 1.165) is 17.1 Å². The van der Waals surface area contributed by atoms with Crippen molar-refractivity contribution in [2.24, 2.45) is 0 Å². The normalized spacial score (nSPS) is 11.9. The van der Waals surface area contributed by atoms with Crippen molar-refractivity contribution < 1.29 is 22.7 Å². The van der Waals surface area contributed by atoms with Crippen LogP contribution in [0.3, 0.4) is 0 Å². The van der Waals surface area contributed by atoms with E-state index in [1.54, 1.807) is 49.4 Å². The summed E-state index contributed by atoms with van der Waals surface area (Å²) in [5.74, 6) is -0.343. The number of benzene rings is 3. The van der Waals surface area contributed by atoms with Gasteiger partial charge in [-0.2, -0.15) is 0 Å². The van der Waals surface area contributed by atoms with Gasteiger partial charge in [0.2, 0.25) is 11.8 Å². The van der Waals surface area contributed by atoms with Crippen LogP contribution in [0.5, 0.6) is 5.75 Å². The Morgan fingerprint density at radius 3 is 2.38 bits per heavy atom. The third kappa shape index (κ3) is 7.90. The van der Waals surface area contributed by atoms with Crippen LogP contribution in [-0.2, 0) is 26.2 Å². The number of anilines is 1. The fourth-order valence-electron chi connectivity index (χ4n) is 4.00. The molecular weight excluding hydrogens is 573 g/mol. The largest absolute Gasteiger partial charge is 0.497 e. The van der Waals surface area contributed by atoms with Gasteiger partial charge in [0.15, 0.2) is 0 Å². The van der Waals surface area contributed by atoms with E-state index in [1.165, 1.54) is 42.3 Å². The van der Waals surface area contributed by atoms with Crippen molar-refractivity contribution in [2.75, 3.05) is 24.5 Å². The van der Waals surface area contributed by atoms with E-state index < -0.39 is 28.5 Å². The Morgan fingerprint density at radius 2 is 1.73 bits per heavy atom. The van der Waals surface area contributed by atoms with Crippen molar-refractivity contribution in [3.05, 3.63) is 88.4 Å². The van der Waals surface area contributed by atoms with Crippen molar-refractivity contribution >= 4 is 50.7 Å². The highest BCUT2D eigenvalue weighted by Gasteiger charge is 2.33. The van der Waals surface area contributed by atoms with Gasteiger partial charge >= 0.3 is 0 Å². The Morgan fingerprint density at radius 1 is 1.00 bits per heavy atom. The molecule has 1 atom stereocenters. The molecule has 3 aromatic rings. The number of sulfonamides is 1. The van der Waals surface area contributed by atoms with Crippen LogP contribution in [0.1, 0.15) is 32.3 Å². The minimum atomic E-state index is -4.23. The number of carbonyl (C=O) groups excluding carboxylic acids is 2. The van der Waals surface area contributed by atoms with Crippen LogP contribution >= 0.6 is 23.2 Å². The molecule has 0 aliphatic carbocycles. The molecule has 11 heteroatoms. The van der Waals surface area contributed by atoms with Gasteiger partial charge in [-0.1, -0.05) is 66.9 Å². The zero-order valence-corrected chi connectivity index (χ0v) is 25.0. The van der Waals surface area contributed by atoms with Crippen molar-refractivity contribution in [3.63, 3.8) is 0 Å². The Balaban J connectivity index is 2.03. The van der Waals surface area contributed by atoms with E-state index >= 15 is 0 Å². The van der Waals surface area contributed by atoms with Crippen molar-refractivity contribution in [1.82, 2.24) is 10.2 Å². The second-order valence-electron chi connectivity index (χ2n) is 9.11. The second kappa shape index (κ2) is 14.4. The third-order valence-electron chi connectivity index (χ3n) is 6.27. The summed E-state index contributed by atoms with van der Waals surface area (Å²) in [6.45, 7) is 3.54. The lowest BCUT2D eigenvalue weighted by Gasteiger charge is -2.32. The first-order valence-corrected chi connectivity index (χ1v) is 15.0. The standard InChI is InChI=1S/C29H33Cl2N3O5S/c1-4-5-16-32-29(36)21(2)33(19-22-10-9-11-24(17-22)39-3)28(35)20-34(27-15-14-23(30)18-26(27)31)40(37,38)25-12-7-6-8-13-25/h6-15,17-18,21H,4-5,16,19-20H2,1-3H3,(H,32,36). The lowest BCUT2D eigenvalue weighted by molar-refractivity contribution is -0.139. The fraction of sp³-hybridized carbons (Fsp3) is 0.310. The smallest absolute Gasteiger partial charge is 0.264 e. The Hall–Kier alpha value is -3.27. The number of unbranched alkanes of at least 4 members (excludes halogenated alkanes) is 1. The molecule has 0 aromatic heterocycles. The van der Waals surface area contributed by atoms with Crippen LogP contribution in [0, 0.1) is 0 Å². The number of nitrogens with one attached hydrogen (secondary N) is 1. The van der Waals surface area contributed by atoms with E-state index in [9.17, 15) is 18.0 Å². The summed E-state index contributed by atoms with van der Waals surface area (Å²) in [5, 5.41) is 3.23. The van der Waals surface area contributed by atoms with E-state index in [4.69, 9.17) is 27.9 Å². The summed E-state index contributed by atoms with van der Waals surface area (Å²) in [4.78, 5) is 28.3. The molecule has 8 nitrogen and oxygen atoms in total. The molecule has 0 aliphatic rings. The molecule has 1 unspecified atom stereocenters. The molecule has 40 heavy (non-hydrogen) atoms. The number of carbonyl (C=O) groups is 2. The summed E-state index contributed by atoms with van der Waals surface area (Å²) in [6, 6.07) is 18.3. The minimum absolute atomic E-state index is 0.0153. The van der Waals surface area contributed by atoms with Crippen LogP contribution in [0.15, 0.2) is 77.7 Å². The first kappa shape index (κ1) is 31.3. The third-order valence-corrected chi connectivity index (χ3v) is 8.58. The van der Waals surface area contributed by atoms with E-state index in [1.807, 2.05) is 6.92 Å². The van der Waals surface area contributed by atoms with Gasteiger partial charge in [-0.05, 0) is 61.4 Å². The van der Waals surface area contributed by atoms with Crippen LogP contribution in [0.25, 0.3) is 0 Å². The number of hydrogen-bond donors (Lipinski definition) is 1. The summed E-state index contributed by atoms with van der Waals surface area (Å²) < 4.78 is 33.9. The molecule has 0 spiro atoms. The molecular formula is C29H33Cl2N3O5S. The molecule has 0 saturated carbocycles. The van der Waals surface area contributed by atoms with E-state index in [0.29, 0.717) is 22.9 Å². The minimum Gasteiger partial charge on any atom is -0.497 e. The number of rotatable bonds is 13. The first-order valence-electron chi connectivity index (χ1n) is 12.8. The highest BCUT2D eigenvalue weighted by molar-refractivity contribution is 7.92. The fourth-order valence-corrected chi connectivity index (χ4v) is 6.02. The zero-order valence-electron chi connectivity index (χ0n) is 22.6. The number of hydrogen-bond acceptors (Lipinski definition) is 5. The quantitative estimate of drug-likeness (QED) is 0.258. The molecule has 0 heterocycles. The predicted octanol–water partition coefficient (Wildman–Crippen LogP) is 5.53.